The van der Waals surface area contributed by atoms with Crippen LogP contribution in [-0.4, -0.2) is 70.4 Å². The molecule has 4 aliphatic carbocycles. The molecular weight excluding hydrogens is 683 g/mol. The van der Waals surface area contributed by atoms with Crippen LogP contribution in [0.15, 0.2) is 16.6 Å². The van der Waals surface area contributed by atoms with Crippen LogP contribution in [0.5, 0.6) is 0 Å². The van der Waals surface area contributed by atoms with Crippen molar-refractivity contribution < 1.29 is 32.4 Å². The van der Waals surface area contributed by atoms with E-state index in [0.29, 0.717) is 5.41 Å². The SMILES string of the molecule is CC(C)CCCC(C)C1CCC2C3CC=C4CC(OC(=O)CCOCCOP(=O)(OCCN=C(N)N)OCCNC(N)N)CCC4(C)C3CCC12C. The standard InChI is InChI=1S/C38H71N6O7P/c1-26(2)7-6-8-27(3)31-11-12-32-30-10-9-28-25-29(13-16-37(28,4)33(30)14-17-38(31,32)5)51-34(45)15-20-47-23-24-50-52(46,48-21-18-43-35(39)40)49-22-19-44-36(41)42/h9,26-27,29-33,35,43H,6-8,10-25,39-40H2,1-5H3,(H4,41,42,44). The Bertz CT molecular complexity index is 1250. The van der Waals surface area contributed by atoms with Crippen LogP contribution >= 0.6 is 7.82 Å². The van der Waals surface area contributed by atoms with E-state index in [1.807, 2.05) is 0 Å². The van der Waals surface area contributed by atoms with Crippen LogP contribution < -0.4 is 28.3 Å². The highest BCUT2D eigenvalue weighted by atomic mass is 31.2. The minimum Gasteiger partial charge on any atom is -0.462 e. The van der Waals surface area contributed by atoms with Gasteiger partial charge in [-0.15, -0.1) is 0 Å². The Kier molecular flexibility index (Phi) is 16.5. The molecule has 9 atom stereocenters. The predicted molar refractivity (Wildman–Crippen MR) is 205 cm³/mol. The first kappa shape index (κ1) is 43.2. The Hall–Kier alpha value is -1.57. The summed E-state index contributed by atoms with van der Waals surface area (Å²) in [4.78, 5) is 16.6. The van der Waals surface area contributed by atoms with Gasteiger partial charge < -0.3 is 32.4 Å². The van der Waals surface area contributed by atoms with Gasteiger partial charge in [0.1, 0.15) is 12.4 Å². The Labute approximate surface area is 313 Å². The molecule has 0 saturated heterocycles. The number of fused-ring (bicyclic) bond motifs is 5. The molecule has 9 N–H and O–H groups in total. The average molecular weight is 755 g/mol. The van der Waals surface area contributed by atoms with Gasteiger partial charge in [-0.1, -0.05) is 65.5 Å². The fourth-order valence-corrected chi connectivity index (χ4v) is 11.4. The maximum absolute atomic E-state index is 13.0. The molecule has 3 saturated carbocycles. The first-order chi connectivity index (χ1) is 24.7. The van der Waals surface area contributed by atoms with Gasteiger partial charge in [0.25, 0.3) is 0 Å². The third-order valence-electron chi connectivity index (χ3n) is 12.9. The largest absolute Gasteiger partial charge is 0.474 e. The van der Waals surface area contributed by atoms with Crippen LogP contribution in [-0.2, 0) is 32.4 Å². The summed E-state index contributed by atoms with van der Waals surface area (Å²) in [6.07, 6.45) is 15.4. The van der Waals surface area contributed by atoms with Crippen LogP contribution in [0.4, 0.5) is 0 Å². The van der Waals surface area contributed by atoms with Crippen LogP contribution in [0.25, 0.3) is 0 Å². The highest BCUT2D eigenvalue weighted by Gasteiger charge is 2.59. The molecule has 0 aromatic carbocycles. The van der Waals surface area contributed by atoms with Crippen molar-refractivity contribution in [1.29, 1.82) is 0 Å². The first-order valence-electron chi connectivity index (χ1n) is 20.0. The van der Waals surface area contributed by atoms with E-state index in [4.69, 9.17) is 46.0 Å². The van der Waals surface area contributed by atoms with E-state index in [9.17, 15) is 9.36 Å². The van der Waals surface area contributed by atoms with Crippen molar-refractivity contribution in [3.8, 4) is 0 Å². The van der Waals surface area contributed by atoms with Gasteiger partial charge in [0, 0.05) is 13.0 Å². The molecule has 52 heavy (non-hydrogen) atoms. The molecule has 0 spiro atoms. The summed E-state index contributed by atoms with van der Waals surface area (Å²) in [6.45, 7) is 12.8. The monoisotopic (exact) mass is 755 g/mol. The number of rotatable bonds is 22. The normalized spacial score (nSPS) is 31.6. The van der Waals surface area contributed by atoms with E-state index in [-0.39, 0.29) is 76.0 Å². The number of guanidine groups is 1. The first-order valence-corrected chi connectivity index (χ1v) is 21.4. The number of carbonyl (C=O) groups is 1. The molecular formula is C38H71N6O7P. The van der Waals surface area contributed by atoms with Gasteiger partial charge in [0.15, 0.2) is 5.96 Å². The van der Waals surface area contributed by atoms with E-state index in [1.54, 1.807) is 0 Å². The molecule has 3 fully saturated rings. The van der Waals surface area contributed by atoms with E-state index in [2.05, 4.69) is 51.0 Å². The number of ether oxygens (including phenoxy) is 2. The number of hydrogen-bond donors (Lipinski definition) is 5. The van der Waals surface area contributed by atoms with Crippen LogP contribution in [0.2, 0.25) is 0 Å². The van der Waals surface area contributed by atoms with E-state index in [0.717, 1.165) is 54.8 Å². The van der Waals surface area contributed by atoms with E-state index in [1.165, 1.54) is 56.9 Å². The fraction of sp³-hybridized carbons (Fsp3) is 0.895. The van der Waals surface area contributed by atoms with E-state index >= 15 is 0 Å². The zero-order valence-electron chi connectivity index (χ0n) is 32.7. The van der Waals surface area contributed by atoms with Gasteiger partial charge in [0.05, 0.1) is 46.0 Å². The lowest BCUT2D eigenvalue weighted by atomic mass is 9.47. The van der Waals surface area contributed by atoms with Crippen molar-refractivity contribution in [3.05, 3.63) is 11.6 Å². The zero-order chi connectivity index (χ0) is 37.9. The maximum atomic E-state index is 13.0. The molecule has 0 amide bonds. The molecule has 0 aromatic heterocycles. The summed E-state index contributed by atoms with van der Waals surface area (Å²) in [7, 11) is -3.93. The van der Waals surface area contributed by atoms with Crippen molar-refractivity contribution in [1.82, 2.24) is 5.32 Å². The third-order valence-corrected chi connectivity index (χ3v) is 14.3. The number of nitrogens with one attached hydrogen (secondary N) is 1. The number of esters is 1. The summed E-state index contributed by atoms with van der Waals surface area (Å²) in [5.41, 5.74) is 23.8. The topological polar surface area (TPSA) is 209 Å². The van der Waals surface area contributed by atoms with Crippen molar-refractivity contribution in [2.45, 2.75) is 124 Å². The Morgan fingerprint density at radius 3 is 2.44 bits per heavy atom. The summed E-state index contributed by atoms with van der Waals surface area (Å²) in [5.74, 6) is 4.46. The van der Waals surface area contributed by atoms with Crippen molar-refractivity contribution >= 4 is 19.8 Å². The molecule has 0 radical (unpaired) electrons. The Morgan fingerprint density at radius 2 is 1.71 bits per heavy atom. The lowest BCUT2D eigenvalue weighted by Crippen LogP contribution is -2.51. The molecule has 4 rings (SSSR count). The number of allylic oxidation sites excluding steroid dienone is 1. The van der Waals surface area contributed by atoms with Gasteiger partial charge in [0.2, 0.25) is 0 Å². The second kappa shape index (κ2) is 19.8. The fourth-order valence-electron chi connectivity index (χ4n) is 10.3. The number of carbonyl (C=O) groups excluding carboxylic acids is 1. The van der Waals surface area contributed by atoms with Crippen molar-refractivity contribution in [2.24, 2.45) is 74.3 Å². The summed E-state index contributed by atoms with van der Waals surface area (Å²) in [5, 5.41) is 2.74. The maximum Gasteiger partial charge on any atom is 0.474 e. The number of phosphoric ester groups is 1. The molecule has 4 aliphatic rings. The van der Waals surface area contributed by atoms with E-state index < -0.39 is 14.1 Å². The summed E-state index contributed by atoms with van der Waals surface area (Å²) >= 11 is 0. The number of phosphoric acid groups is 1. The number of nitrogens with zero attached hydrogens (tertiary/aromatic N) is 1. The molecule has 0 aliphatic heterocycles. The minimum absolute atomic E-state index is 0.0197. The molecule has 13 nitrogen and oxygen atoms in total. The lowest BCUT2D eigenvalue weighted by molar-refractivity contribution is -0.152. The average Bonchev–Trinajstić information content (AvgIpc) is 3.44. The summed E-state index contributed by atoms with van der Waals surface area (Å²) < 4.78 is 40.6. The third kappa shape index (κ3) is 11.7. The van der Waals surface area contributed by atoms with Crippen LogP contribution in [0.1, 0.15) is 112 Å². The quantitative estimate of drug-likeness (QED) is 0.0175. The molecule has 0 aromatic rings. The smallest absolute Gasteiger partial charge is 0.462 e. The number of hydrogen-bond acceptors (Lipinski definition) is 11. The highest BCUT2D eigenvalue weighted by molar-refractivity contribution is 7.48. The Morgan fingerprint density at radius 1 is 0.962 bits per heavy atom. The summed E-state index contributed by atoms with van der Waals surface area (Å²) in [6, 6.07) is 0. The highest BCUT2D eigenvalue weighted by Crippen LogP contribution is 2.67. The second-order valence-corrected chi connectivity index (χ2v) is 18.4. The second-order valence-electron chi connectivity index (χ2n) is 16.7. The molecule has 0 bridgehead atoms. The minimum atomic E-state index is -3.93. The van der Waals surface area contributed by atoms with Crippen LogP contribution in [0.3, 0.4) is 0 Å². The van der Waals surface area contributed by atoms with Gasteiger partial charge in [-0.2, -0.15) is 0 Å². The van der Waals surface area contributed by atoms with Gasteiger partial charge in [-0.3, -0.25) is 28.7 Å². The molecule has 0 heterocycles. The zero-order valence-corrected chi connectivity index (χ0v) is 33.6. The van der Waals surface area contributed by atoms with Gasteiger partial charge in [-0.25, -0.2) is 4.57 Å². The van der Waals surface area contributed by atoms with Crippen LogP contribution in [0, 0.1) is 46.3 Å². The number of aliphatic imine (C=N–C) groups is 1. The van der Waals surface area contributed by atoms with Gasteiger partial charge in [-0.05, 0) is 91.3 Å². The molecule has 300 valence electrons. The number of nitrogens with two attached hydrogens (primary N) is 4. The van der Waals surface area contributed by atoms with Gasteiger partial charge >= 0.3 is 13.8 Å². The molecule has 9 unspecified atom stereocenters. The Balaban J connectivity index is 1.19. The van der Waals surface area contributed by atoms with Crippen molar-refractivity contribution in [2.75, 3.05) is 46.1 Å². The van der Waals surface area contributed by atoms with Crippen molar-refractivity contribution in [3.63, 3.8) is 0 Å². The lowest BCUT2D eigenvalue weighted by Gasteiger charge is -2.58. The predicted octanol–water partition coefficient (Wildman–Crippen LogP) is 5.57. The molecule has 14 heteroatoms.